The second-order valence-electron chi connectivity index (χ2n) is 5.65. The molecule has 0 bridgehead atoms. The summed E-state index contributed by atoms with van der Waals surface area (Å²) in [6, 6.07) is 6.43. The summed E-state index contributed by atoms with van der Waals surface area (Å²) in [6.45, 7) is 3.75. The van der Waals surface area contributed by atoms with E-state index in [1.54, 1.807) is 34.7 Å². The monoisotopic (exact) mass is 350 g/mol. The lowest BCUT2D eigenvalue weighted by molar-refractivity contribution is -0.135. The number of nitrogens with zero attached hydrogens (tertiary/aromatic N) is 4. The van der Waals surface area contributed by atoms with Gasteiger partial charge in [0.25, 0.3) is 0 Å². The molecule has 1 aliphatic heterocycles. The Labute approximate surface area is 144 Å². The van der Waals surface area contributed by atoms with Gasteiger partial charge in [0, 0.05) is 20.1 Å². The number of ether oxygens (including phenoxy) is 1. The van der Waals surface area contributed by atoms with Gasteiger partial charge in [-0.15, -0.1) is 10.2 Å². The van der Waals surface area contributed by atoms with Crippen LogP contribution in [-0.2, 0) is 16.6 Å². The van der Waals surface area contributed by atoms with Crippen LogP contribution in [0.1, 0.15) is 6.92 Å². The van der Waals surface area contributed by atoms with Gasteiger partial charge in [0.1, 0.15) is 5.82 Å². The van der Waals surface area contributed by atoms with Crippen LogP contribution in [0.3, 0.4) is 0 Å². The Morgan fingerprint density at radius 2 is 2.21 bits per heavy atom. The first-order valence-corrected chi connectivity index (χ1v) is 8.71. The van der Waals surface area contributed by atoms with Crippen LogP contribution in [0.25, 0.3) is 11.4 Å². The van der Waals surface area contributed by atoms with Crippen LogP contribution >= 0.6 is 11.8 Å². The molecule has 128 valence electrons. The average molecular weight is 350 g/mol. The van der Waals surface area contributed by atoms with Crippen molar-refractivity contribution < 1.29 is 13.9 Å². The van der Waals surface area contributed by atoms with E-state index in [9.17, 15) is 9.18 Å². The lowest BCUT2D eigenvalue weighted by Crippen LogP contribution is -2.45. The molecule has 1 fully saturated rings. The number of carbonyl (C=O) groups excluding carboxylic acids is 1. The van der Waals surface area contributed by atoms with Gasteiger partial charge in [0.15, 0.2) is 11.0 Å². The number of hydrogen-bond donors (Lipinski definition) is 0. The number of aromatic nitrogens is 3. The summed E-state index contributed by atoms with van der Waals surface area (Å²) < 4.78 is 21.0. The van der Waals surface area contributed by atoms with Crippen LogP contribution in [0.4, 0.5) is 4.39 Å². The summed E-state index contributed by atoms with van der Waals surface area (Å²) in [5, 5.41) is 8.72. The number of amides is 1. The highest BCUT2D eigenvalue weighted by Crippen LogP contribution is 2.24. The van der Waals surface area contributed by atoms with Crippen molar-refractivity contribution in [3.63, 3.8) is 0 Å². The second kappa shape index (κ2) is 7.31. The molecule has 2 heterocycles. The number of halogens is 1. The van der Waals surface area contributed by atoms with Gasteiger partial charge in [0.05, 0.1) is 24.0 Å². The van der Waals surface area contributed by atoms with Crippen LogP contribution in [0.5, 0.6) is 0 Å². The molecule has 2 aromatic rings. The van der Waals surface area contributed by atoms with Gasteiger partial charge in [0.2, 0.25) is 5.91 Å². The minimum Gasteiger partial charge on any atom is -0.375 e. The Balaban J connectivity index is 1.66. The maximum Gasteiger partial charge on any atom is 0.233 e. The Hall–Kier alpha value is -1.93. The standard InChI is InChI=1S/C16H19FN4O2S/c1-11-9-21(7-8-23-11)14(22)10-24-16-19-18-15(20(16)2)12-5-3-4-6-13(12)17/h3-6,11H,7-10H2,1-2H3/t11-/m0/s1. The van der Waals surface area contributed by atoms with Crippen molar-refractivity contribution in [2.45, 2.75) is 18.2 Å². The van der Waals surface area contributed by atoms with Crippen LogP contribution in [-0.4, -0.2) is 57.1 Å². The lowest BCUT2D eigenvalue weighted by atomic mass is 10.2. The molecule has 0 spiro atoms. The highest BCUT2D eigenvalue weighted by atomic mass is 32.2. The molecule has 0 unspecified atom stereocenters. The SMILES string of the molecule is C[C@H]1CN(C(=O)CSc2nnc(-c3ccccc3F)n2C)CCO1. The average Bonchev–Trinajstić information content (AvgIpc) is 2.94. The maximum atomic E-state index is 13.9. The van der Waals surface area contributed by atoms with Gasteiger partial charge in [-0.1, -0.05) is 23.9 Å². The number of thioether (sulfide) groups is 1. The highest BCUT2D eigenvalue weighted by Gasteiger charge is 2.22. The third-order valence-corrected chi connectivity index (χ3v) is 4.87. The van der Waals surface area contributed by atoms with Crippen molar-refractivity contribution in [3.8, 4) is 11.4 Å². The van der Waals surface area contributed by atoms with E-state index in [2.05, 4.69) is 10.2 Å². The van der Waals surface area contributed by atoms with Gasteiger partial charge in [-0.25, -0.2) is 4.39 Å². The molecule has 0 saturated carbocycles. The number of rotatable bonds is 4. The third-order valence-electron chi connectivity index (χ3n) is 3.87. The van der Waals surface area contributed by atoms with Crippen molar-refractivity contribution >= 4 is 17.7 Å². The van der Waals surface area contributed by atoms with Gasteiger partial charge in [-0.05, 0) is 19.1 Å². The highest BCUT2D eigenvalue weighted by molar-refractivity contribution is 7.99. The van der Waals surface area contributed by atoms with Gasteiger partial charge >= 0.3 is 0 Å². The van der Waals surface area contributed by atoms with Crippen molar-refractivity contribution in [1.82, 2.24) is 19.7 Å². The molecule has 1 atom stereocenters. The molecular weight excluding hydrogens is 331 g/mol. The molecule has 1 aliphatic rings. The van der Waals surface area contributed by atoms with E-state index >= 15 is 0 Å². The van der Waals surface area contributed by atoms with Gasteiger partial charge in [-0.2, -0.15) is 0 Å². The van der Waals surface area contributed by atoms with E-state index < -0.39 is 0 Å². The van der Waals surface area contributed by atoms with E-state index in [-0.39, 0.29) is 23.6 Å². The van der Waals surface area contributed by atoms with E-state index in [1.165, 1.54) is 17.8 Å². The van der Waals surface area contributed by atoms with Crippen LogP contribution in [0.15, 0.2) is 29.4 Å². The van der Waals surface area contributed by atoms with Gasteiger partial charge in [-0.3, -0.25) is 4.79 Å². The fourth-order valence-electron chi connectivity index (χ4n) is 2.58. The minimum absolute atomic E-state index is 0.0468. The van der Waals surface area contributed by atoms with E-state index in [0.29, 0.717) is 36.2 Å². The van der Waals surface area contributed by atoms with E-state index in [1.807, 2.05) is 6.92 Å². The lowest BCUT2D eigenvalue weighted by Gasteiger charge is -2.31. The fraction of sp³-hybridized carbons (Fsp3) is 0.438. The predicted octanol–water partition coefficient (Wildman–Crippen LogP) is 1.96. The first kappa shape index (κ1) is 16.9. The Kier molecular flexibility index (Phi) is 5.15. The first-order chi connectivity index (χ1) is 11.6. The Morgan fingerprint density at radius 3 is 2.96 bits per heavy atom. The molecule has 0 N–H and O–H groups in total. The molecular formula is C16H19FN4O2S. The molecule has 1 saturated heterocycles. The quantitative estimate of drug-likeness (QED) is 0.789. The summed E-state index contributed by atoms with van der Waals surface area (Å²) in [6.07, 6.45) is 0.0650. The third kappa shape index (κ3) is 3.59. The Bertz CT molecular complexity index is 737. The second-order valence-corrected chi connectivity index (χ2v) is 6.60. The maximum absolute atomic E-state index is 13.9. The molecule has 1 amide bonds. The largest absolute Gasteiger partial charge is 0.375 e. The molecule has 0 aliphatic carbocycles. The number of hydrogen-bond acceptors (Lipinski definition) is 5. The smallest absolute Gasteiger partial charge is 0.233 e. The summed E-state index contributed by atoms with van der Waals surface area (Å²) in [4.78, 5) is 14.1. The molecule has 1 aromatic heterocycles. The molecule has 24 heavy (non-hydrogen) atoms. The summed E-state index contributed by atoms with van der Waals surface area (Å²) in [5.41, 5.74) is 0.396. The Morgan fingerprint density at radius 1 is 1.42 bits per heavy atom. The number of morpholine rings is 1. The van der Waals surface area contributed by atoms with Crippen molar-refractivity contribution in [1.29, 1.82) is 0 Å². The van der Waals surface area contributed by atoms with E-state index in [0.717, 1.165) is 0 Å². The number of benzene rings is 1. The van der Waals surface area contributed by atoms with Crippen LogP contribution in [0, 0.1) is 5.82 Å². The summed E-state index contributed by atoms with van der Waals surface area (Å²) >= 11 is 1.31. The minimum atomic E-state index is -0.345. The normalized spacial score (nSPS) is 18.0. The zero-order valence-electron chi connectivity index (χ0n) is 13.6. The predicted molar refractivity (Wildman–Crippen MR) is 89.1 cm³/mol. The molecule has 0 radical (unpaired) electrons. The molecule has 1 aromatic carbocycles. The van der Waals surface area contributed by atoms with Crippen LogP contribution < -0.4 is 0 Å². The van der Waals surface area contributed by atoms with E-state index in [4.69, 9.17) is 4.74 Å². The zero-order chi connectivity index (χ0) is 17.1. The van der Waals surface area contributed by atoms with Crippen molar-refractivity contribution in [2.75, 3.05) is 25.4 Å². The fourth-order valence-corrected chi connectivity index (χ4v) is 3.39. The van der Waals surface area contributed by atoms with Crippen molar-refractivity contribution in [2.24, 2.45) is 7.05 Å². The number of carbonyl (C=O) groups is 1. The van der Waals surface area contributed by atoms with Gasteiger partial charge < -0.3 is 14.2 Å². The first-order valence-electron chi connectivity index (χ1n) is 7.72. The van der Waals surface area contributed by atoms with Crippen molar-refractivity contribution in [3.05, 3.63) is 30.1 Å². The summed E-state index contributed by atoms with van der Waals surface area (Å²) in [5.74, 6) is 0.423. The summed E-state index contributed by atoms with van der Waals surface area (Å²) in [7, 11) is 1.77. The molecule has 3 rings (SSSR count). The topological polar surface area (TPSA) is 60.2 Å². The molecule has 6 nitrogen and oxygen atoms in total. The molecule has 8 heteroatoms. The van der Waals surface area contributed by atoms with Crippen LogP contribution in [0.2, 0.25) is 0 Å². The zero-order valence-corrected chi connectivity index (χ0v) is 14.4.